The van der Waals surface area contributed by atoms with E-state index in [1.54, 1.807) is 48.0 Å². The zero-order valence-electron chi connectivity index (χ0n) is 14.3. The van der Waals surface area contributed by atoms with Crippen LogP contribution in [0.5, 0.6) is 0 Å². The number of rotatable bonds is 4. The number of carbonyl (C=O) groups is 1. The fourth-order valence-corrected chi connectivity index (χ4v) is 2.91. The fourth-order valence-electron chi connectivity index (χ4n) is 2.91. The first-order valence-corrected chi connectivity index (χ1v) is 8.18. The Kier molecular flexibility index (Phi) is 4.15. The molecule has 0 aliphatic rings. The second kappa shape index (κ2) is 6.64. The Morgan fingerprint density at radius 3 is 2.78 bits per heavy atom. The fraction of sp³-hybridized carbons (Fsp3) is 0.105. The molecule has 0 aliphatic heterocycles. The van der Waals surface area contributed by atoms with Crippen molar-refractivity contribution in [3.63, 3.8) is 0 Å². The second-order valence-corrected chi connectivity index (χ2v) is 6.05. The standard InChI is InChI=1S/C19H15F2N5O/c1-26-10-22-9-15(26)19(27)25-16-7-6-11-8-14(23-18(11)24-16)12-4-2-3-5-13(12)17(20)21/h2-10,17H,1H3,(H2,23,24,25,27). The molecule has 2 N–H and O–H groups in total. The van der Waals surface area contributed by atoms with Gasteiger partial charge in [-0.2, -0.15) is 0 Å². The topological polar surface area (TPSA) is 75.6 Å². The molecule has 1 aromatic carbocycles. The number of imidazole rings is 1. The number of nitrogens with zero attached hydrogens (tertiary/aromatic N) is 3. The molecule has 0 unspecified atom stereocenters. The lowest BCUT2D eigenvalue weighted by molar-refractivity contribution is 0.101. The number of fused-ring (bicyclic) bond motifs is 1. The Balaban J connectivity index is 1.67. The quantitative estimate of drug-likeness (QED) is 0.569. The summed E-state index contributed by atoms with van der Waals surface area (Å²) in [5, 5.41) is 3.46. The van der Waals surface area contributed by atoms with Gasteiger partial charge in [-0.15, -0.1) is 0 Å². The minimum Gasteiger partial charge on any atom is -0.339 e. The Bertz CT molecular complexity index is 1130. The highest BCUT2D eigenvalue weighted by atomic mass is 19.3. The van der Waals surface area contributed by atoms with Crippen molar-refractivity contribution in [1.82, 2.24) is 19.5 Å². The number of aromatic amines is 1. The van der Waals surface area contributed by atoms with Gasteiger partial charge in [-0.05, 0) is 18.2 Å². The summed E-state index contributed by atoms with van der Waals surface area (Å²) >= 11 is 0. The monoisotopic (exact) mass is 367 g/mol. The summed E-state index contributed by atoms with van der Waals surface area (Å²) in [6.45, 7) is 0. The molecule has 0 fully saturated rings. The molecule has 4 aromatic rings. The number of benzene rings is 1. The second-order valence-electron chi connectivity index (χ2n) is 6.05. The van der Waals surface area contributed by atoms with E-state index in [1.165, 1.54) is 18.6 Å². The van der Waals surface area contributed by atoms with Crippen molar-refractivity contribution in [2.24, 2.45) is 7.05 Å². The van der Waals surface area contributed by atoms with Crippen molar-refractivity contribution >= 4 is 22.8 Å². The first kappa shape index (κ1) is 16.9. The summed E-state index contributed by atoms with van der Waals surface area (Å²) in [4.78, 5) is 23.6. The van der Waals surface area contributed by atoms with Crippen LogP contribution in [0.25, 0.3) is 22.3 Å². The van der Waals surface area contributed by atoms with Crippen LogP contribution < -0.4 is 5.32 Å². The Morgan fingerprint density at radius 1 is 1.22 bits per heavy atom. The van der Waals surface area contributed by atoms with Crippen LogP contribution in [0.15, 0.2) is 55.0 Å². The molecule has 6 nitrogen and oxygen atoms in total. The van der Waals surface area contributed by atoms with Gasteiger partial charge in [0.1, 0.15) is 17.2 Å². The number of anilines is 1. The van der Waals surface area contributed by atoms with E-state index in [1.807, 2.05) is 0 Å². The van der Waals surface area contributed by atoms with Crippen LogP contribution in [0.1, 0.15) is 22.5 Å². The van der Waals surface area contributed by atoms with E-state index in [0.717, 1.165) is 5.39 Å². The number of aromatic nitrogens is 4. The van der Waals surface area contributed by atoms with Crippen LogP contribution in [0, 0.1) is 0 Å². The first-order valence-electron chi connectivity index (χ1n) is 8.18. The van der Waals surface area contributed by atoms with E-state index in [-0.39, 0.29) is 11.5 Å². The largest absolute Gasteiger partial charge is 0.339 e. The third kappa shape index (κ3) is 3.17. The van der Waals surface area contributed by atoms with Crippen molar-refractivity contribution in [2.45, 2.75) is 6.43 Å². The number of amides is 1. The zero-order chi connectivity index (χ0) is 19.0. The summed E-state index contributed by atoms with van der Waals surface area (Å²) in [5.74, 6) is 0.0147. The Labute approximate surface area is 152 Å². The van der Waals surface area contributed by atoms with Gasteiger partial charge in [0.25, 0.3) is 12.3 Å². The lowest BCUT2D eigenvalue weighted by Crippen LogP contribution is -2.16. The van der Waals surface area contributed by atoms with Crippen LogP contribution >= 0.6 is 0 Å². The van der Waals surface area contributed by atoms with E-state index in [2.05, 4.69) is 20.3 Å². The van der Waals surface area contributed by atoms with Gasteiger partial charge in [-0.1, -0.05) is 24.3 Å². The SMILES string of the molecule is Cn1cncc1C(=O)Nc1ccc2cc(-c3ccccc3C(F)F)[nH]c2n1. The molecule has 0 radical (unpaired) electrons. The van der Waals surface area contributed by atoms with Gasteiger partial charge < -0.3 is 14.9 Å². The van der Waals surface area contributed by atoms with E-state index in [0.29, 0.717) is 28.4 Å². The highest BCUT2D eigenvalue weighted by Gasteiger charge is 2.16. The number of alkyl halides is 2. The summed E-state index contributed by atoms with van der Waals surface area (Å²) in [7, 11) is 1.72. The van der Waals surface area contributed by atoms with Gasteiger partial charge in [0.15, 0.2) is 0 Å². The summed E-state index contributed by atoms with van der Waals surface area (Å²) in [6.07, 6.45) is 0.416. The van der Waals surface area contributed by atoms with Crippen molar-refractivity contribution < 1.29 is 13.6 Å². The van der Waals surface area contributed by atoms with Crippen molar-refractivity contribution in [3.8, 4) is 11.3 Å². The number of hydrogen-bond donors (Lipinski definition) is 2. The van der Waals surface area contributed by atoms with E-state index < -0.39 is 6.43 Å². The zero-order valence-corrected chi connectivity index (χ0v) is 14.3. The Morgan fingerprint density at radius 2 is 2.04 bits per heavy atom. The van der Waals surface area contributed by atoms with Gasteiger partial charge in [-0.3, -0.25) is 4.79 Å². The van der Waals surface area contributed by atoms with Crippen LogP contribution in [0.3, 0.4) is 0 Å². The molecule has 27 heavy (non-hydrogen) atoms. The minimum atomic E-state index is -2.57. The number of nitrogens with one attached hydrogen (secondary N) is 2. The maximum absolute atomic E-state index is 13.3. The van der Waals surface area contributed by atoms with Gasteiger partial charge >= 0.3 is 0 Å². The van der Waals surface area contributed by atoms with Gasteiger partial charge in [0.05, 0.1) is 12.5 Å². The van der Waals surface area contributed by atoms with Gasteiger partial charge in [-0.25, -0.2) is 18.7 Å². The van der Waals surface area contributed by atoms with Crippen molar-refractivity contribution in [2.75, 3.05) is 5.32 Å². The molecule has 8 heteroatoms. The van der Waals surface area contributed by atoms with Crippen LogP contribution in [-0.4, -0.2) is 25.4 Å². The number of halogens is 2. The molecule has 0 atom stereocenters. The average Bonchev–Trinajstić information content (AvgIpc) is 3.27. The average molecular weight is 367 g/mol. The lowest BCUT2D eigenvalue weighted by atomic mass is 10.1. The molecular weight excluding hydrogens is 352 g/mol. The molecule has 3 aromatic heterocycles. The van der Waals surface area contributed by atoms with Crippen molar-refractivity contribution in [1.29, 1.82) is 0 Å². The molecule has 0 aliphatic carbocycles. The highest BCUT2D eigenvalue weighted by molar-refractivity contribution is 6.02. The normalized spacial score (nSPS) is 11.3. The number of aryl methyl sites for hydroxylation is 1. The maximum Gasteiger partial charge on any atom is 0.275 e. The van der Waals surface area contributed by atoms with E-state index >= 15 is 0 Å². The van der Waals surface area contributed by atoms with Crippen LogP contribution in [-0.2, 0) is 7.05 Å². The molecule has 0 saturated heterocycles. The van der Waals surface area contributed by atoms with Crippen molar-refractivity contribution in [3.05, 3.63) is 66.2 Å². The Hall–Kier alpha value is -3.55. The molecule has 1 amide bonds. The third-order valence-electron chi connectivity index (χ3n) is 4.26. The predicted octanol–water partition coefficient (Wildman–Crippen LogP) is 4.15. The smallest absolute Gasteiger partial charge is 0.275 e. The van der Waals surface area contributed by atoms with E-state index in [4.69, 9.17) is 0 Å². The number of hydrogen-bond acceptors (Lipinski definition) is 3. The summed E-state index contributed by atoms with van der Waals surface area (Å²) in [6, 6.07) is 11.5. The van der Waals surface area contributed by atoms with E-state index in [9.17, 15) is 13.6 Å². The van der Waals surface area contributed by atoms with Crippen LogP contribution in [0.4, 0.5) is 14.6 Å². The molecule has 0 spiro atoms. The maximum atomic E-state index is 13.3. The number of carbonyl (C=O) groups excluding carboxylic acids is 1. The van der Waals surface area contributed by atoms with Gasteiger partial charge in [0, 0.05) is 29.3 Å². The minimum absolute atomic E-state index is 0.0474. The molecule has 4 rings (SSSR count). The highest BCUT2D eigenvalue weighted by Crippen LogP contribution is 2.32. The third-order valence-corrected chi connectivity index (χ3v) is 4.26. The molecule has 0 saturated carbocycles. The van der Waals surface area contributed by atoms with Gasteiger partial charge in [0.2, 0.25) is 0 Å². The molecule has 136 valence electrons. The van der Waals surface area contributed by atoms with Crippen LogP contribution in [0.2, 0.25) is 0 Å². The molecule has 3 heterocycles. The number of H-pyrrole nitrogens is 1. The molecule has 0 bridgehead atoms. The summed E-state index contributed by atoms with van der Waals surface area (Å²) < 4.78 is 28.1. The molecular formula is C19H15F2N5O. The summed E-state index contributed by atoms with van der Waals surface area (Å²) in [5.41, 5.74) is 1.81. The lowest BCUT2D eigenvalue weighted by Gasteiger charge is -2.06. The first-order chi connectivity index (χ1) is 13.0. The predicted molar refractivity (Wildman–Crippen MR) is 97.6 cm³/mol. The number of pyridine rings is 1.